The van der Waals surface area contributed by atoms with Gasteiger partial charge in [0.05, 0.1) is 0 Å². The van der Waals surface area contributed by atoms with Crippen molar-refractivity contribution in [3.63, 3.8) is 0 Å². The molecule has 1 heterocycles. The summed E-state index contributed by atoms with van der Waals surface area (Å²) in [4.78, 5) is 4.67. The third-order valence-corrected chi connectivity index (χ3v) is 5.46. The fourth-order valence-corrected chi connectivity index (χ4v) is 3.77. The predicted octanol–water partition coefficient (Wildman–Crippen LogP) is 3.62. The fraction of sp³-hybridized carbons (Fsp3) is 0.280. The van der Waals surface area contributed by atoms with E-state index in [0.29, 0.717) is 12.3 Å². The van der Waals surface area contributed by atoms with Gasteiger partial charge >= 0.3 is 0 Å². The summed E-state index contributed by atoms with van der Waals surface area (Å²) in [6.07, 6.45) is -0.546. The highest BCUT2D eigenvalue weighted by molar-refractivity contribution is 5.66. The van der Waals surface area contributed by atoms with Crippen molar-refractivity contribution in [2.75, 3.05) is 44.2 Å². The molecule has 0 radical (unpaired) electrons. The first kappa shape index (κ1) is 20.3. The fourth-order valence-electron chi connectivity index (χ4n) is 3.77. The normalized spacial score (nSPS) is 15.7. The zero-order valence-electron chi connectivity index (χ0n) is 17.0. The largest absolute Gasteiger partial charge is 0.508 e. The number of ether oxygens (including phenoxy) is 1. The lowest BCUT2D eigenvalue weighted by Crippen LogP contribution is -2.49. The molecule has 5 heteroatoms. The zero-order chi connectivity index (χ0) is 20.8. The molecule has 0 unspecified atom stereocenters. The number of anilines is 1. The summed E-state index contributed by atoms with van der Waals surface area (Å²) in [6, 6.07) is 25.7. The molecule has 1 saturated heterocycles. The molecule has 1 aliphatic rings. The molecule has 0 spiro atoms. The number of phenols is 1. The van der Waals surface area contributed by atoms with Gasteiger partial charge in [0.2, 0.25) is 0 Å². The van der Waals surface area contributed by atoms with Crippen LogP contribution in [0.4, 0.5) is 5.69 Å². The van der Waals surface area contributed by atoms with Crippen molar-refractivity contribution in [3.8, 4) is 22.6 Å². The van der Waals surface area contributed by atoms with Gasteiger partial charge in [0, 0.05) is 38.4 Å². The number of aromatic hydroxyl groups is 1. The lowest BCUT2D eigenvalue weighted by atomic mass is 10.1. The number of aliphatic hydroxyl groups is 1. The Morgan fingerprint density at radius 1 is 0.767 bits per heavy atom. The maximum atomic E-state index is 10.3. The molecule has 30 heavy (non-hydrogen) atoms. The van der Waals surface area contributed by atoms with Crippen LogP contribution in [-0.2, 0) is 0 Å². The van der Waals surface area contributed by atoms with Crippen LogP contribution in [0.3, 0.4) is 0 Å². The van der Waals surface area contributed by atoms with Crippen LogP contribution < -0.4 is 9.64 Å². The van der Waals surface area contributed by atoms with Gasteiger partial charge in [0.1, 0.15) is 24.2 Å². The molecule has 156 valence electrons. The number of aliphatic hydroxyl groups excluding tert-OH is 1. The van der Waals surface area contributed by atoms with Crippen LogP contribution in [0.25, 0.3) is 11.1 Å². The molecule has 2 N–H and O–H groups in total. The Morgan fingerprint density at radius 3 is 2.07 bits per heavy atom. The molecule has 0 saturated carbocycles. The van der Waals surface area contributed by atoms with Gasteiger partial charge in [-0.15, -0.1) is 0 Å². The van der Waals surface area contributed by atoms with Crippen LogP contribution in [0, 0.1) is 0 Å². The average Bonchev–Trinajstić information content (AvgIpc) is 2.80. The highest BCUT2D eigenvalue weighted by atomic mass is 16.5. The molecule has 0 aliphatic carbocycles. The van der Waals surface area contributed by atoms with Crippen LogP contribution in [0.1, 0.15) is 0 Å². The zero-order valence-corrected chi connectivity index (χ0v) is 17.0. The van der Waals surface area contributed by atoms with Gasteiger partial charge in [0.25, 0.3) is 0 Å². The molecular weight excluding hydrogens is 376 g/mol. The Labute approximate surface area is 177 Å². The summed E-state index contributed by atoms with van der Waals surface area (Å²) >= 11 is 0. The predicted molar refractivity (Wildman–Crippen MR) is 120 cm³/mol. The van der Waals surface area contributed by atoms with Crippen molar-refractivity contribution in [3.05, 3.63) is 78.9 Å². The van der Waals surface area contributed by atoms with Crippen molar-refractivity contribution in [2.24, 2.45) is 0 Å². The molecule has 0 amide bonds. The van der Waals surface area contributed by atoms with Crippen LogP contribution in [0.15, 0.2) is 78.9 Å². The average molecular weight is 405 g/mol. The maximum absolute atomic E-state index is 10.3. The Bertz CT molecular complexity index is 905. The summed E-state index contributed by atoms with van der Waals surface area (Å²) in [5.41, 5.74) is 3.71. The Morgan fingerprint density at radius 2 is 1.40 bits per heavy atom. The third-order valence-electron chi connectivity index (χ3n) is 5.46. The monoisotopic (exact) mass is 404 g/mol. The molecule has 0 bridgehead atoms. The van der Waals surface area contributed by atoms with E-state index in [0.717, 1.165) is 26.2 Å². The number of hydrogen-bond donors (Lipinski definition) is 2. The van der Waals surface area contributed by atoms with Gasteiger partial charge in [-0.1, -0.05) is 42.5 Å². The minimum absolute atomic E-state index is 0.204. The van der Waals surface area contributed by atoms with E-state index in [2.05, 4.69) is 58.3 Å². The smallest absolute Gasteiger partial charge is 0.119 e. The first-order valence-corrected chi connectivity index (χ1v) is 10.4. The second kappa shape index (κ2) is 9.65. The van der Waals surface area contributed by atoms with Crippen LogP contribution in [0.2, 0.25) is 0 Å². The van der Waals surface area contributed by atoms with Crippen LogP contribution in [-0.4, -0.2) is 60.5 Å². The molecule has 0 aromatic heterocycles. The third kappa shape index (κ3) is 5.32. The molecule has 1 aliphatic heterocycles. The summed E-state index contributed by atoms with van der Waals surface area (Å²) in [6.45, 7) is 4.55. The van der Waals surface area contributed by atoms with Gasteiger partial charge in [-0.05, 0) is 47.5 Å². The van der Waals surface area contributed by atoms with Crippen LogP contribution in [0.5, 0.6) is 11.5 Å². The highest BCUT2D eigenvalue weighted by Crippen LogP contribution is 2.24. The minimum atomic E-state index is -0.546. The lowest BCUT2D eigenvalue weighted by molar-refractivity contribution is 0.0663. The standard InChI is InChI=1S/C25H28N2O3/c28-23-10-12-25(13-11-23)30-19-24(29)18-26-14-16-27(17-15-26)22-8-6-21(7-9-22)20-4-2-1-3-5-20/h1-13,24,28-29H,14-19H2/t24-/m0/s1. The summed E-state index contributed by atoms with van der Waals surface area (Å²) in [5, 5.41) is 19.6. The molecular formula is C25H28N2O3. The quantitative estimate of drug-likeness (QED) is 0.630. The van der Waals surface area contributed by atoms with E-state index in [1.54, 1.807) is 24.3 Å². The van der Waals surface area contributed by atoms with Gasteiger partial charge < -0.3 is 19.8 Å². The van der Waals surface area contributed by atoms with Crippen molar-refractivity contribution in [1.82, 2.24) is 4.90 Å². The molecule has 5 nitrogen and oxygen atoms in total. The van der Waals surface area contributed by atoms with Crippen molar-refractivity contribution in [2.45, 2.75) is 6.10 Å². The van der Waals surface area contributed by atoms with Gasteiger partial charge in [0.15, 0.2) is 0 Å². The van der Waals surface area contributed by atoms with Gasteiger partial charge in [-0.2, -0.15) is 0 Å². The van der Waals surface area contributed by atoms with Crippen molar-refractivity contribution >= 4 is 5.69 Å². The number of phenolic OH excluding ortho intramolecular Hbond substituents is 1. The number of benzene rings is 3. The number of piperazine rings is 1. The molecule has 1 atom stereocenters. The van der Waals surface area contributed by atoms with E-state index in [4.69, 9.17) is 4.74 Å². The van der Waals surface area contributed by atoms with Gasteiger partial charge in [-0.3, -0.25) is 4.90 Å². The second-order valence-corrected chi connectivity index (χ2v) is 7.66. The topological polar surface area (TPSA) is 56.2 Å². The first-order valence-electron chi connectivity index (χ1n) is 10.4. The van der Waals surface area contributed by atoms with Gasteiger partial charge in [-0.25, -0.2) is 0 Å². The summed E-state index contributed by atoms with van der Waals surface area (Å²) in [7, 11) is 0. The number of β-amino-alcohol motifs (C(OH)–C–C–N with tert-alkyl or cyclic N) is 1. The number of nitrogens with zero attached hydrogens (tertiary/aromatic N) is 2. The number of rotatable bonds is 7. The SMILES string of the molecule is Oc1ccc(OC[C@@H](O)CN2CCN(c3ccc(-c4ccccc4)cc3)CC2)cc1. The van der Waals surface area contributed by atoms with Crippen molar-refractivity contribution in [1.29, 1.82) is 0 Å². The molecule has 1 fully saturated rings. The lowest BCUT2D eigenvalue weighted by Gasteiger charge is -2.37. The van der Waals surface area contributed by atoms with E-state index in [1.165, 1.54) is 16.8 Å². The highest BCUT2D eigenvalue weighted by Gasteiger charge is 2.20. The molecule has 3 aromatic rings. The van der Waals surface area contributed by atoms with E-state index in [9.17, 15) is 10.2 Å². The van der Waals surface area contributed by atoms with Crippen LogP contribution >= 0.6 is 0 Å². The summed E-state index contributed by atoms with van der Waals surface area (Å²) < 4.78 is 5.60. The Hall–Kier alpha value is -3.02. The number of hydrogen-bond acceptors (Lipinski definition) is 5. The second-order valence-electron chi connectivity index (χ2n) is 7.66. The minimum Gasteiger partial charge on any atom is -0.508 e. The van der Waals surface area contributed by atoms with E-state index < -0.39 is 6.10 Å². The van der Waals surface area contributed by atoms with E-state index >= 15 is 0 Å². The maximum Gasteiger partial charge on any atom is 0.119 e. The van der Waals surface area contributed by atoms with E-state index in [1.807, 2.05) is 6.07 Å². The molecule has 4 rings (SSSR count). The Balaban J connectivity index is 1.23. The summed E-state index contributed by atoms with van der Waals surface area (Å²) in [5.74, 6) is 0.853. The first-order chi connectivity index (χ1) is 14.7. The van der Waals surface area contributed by atoms with Crippen molar-refractivity contribution < 1.29 is 14.9 Å². The Kier molecular flexibility index (Phi) is 6.52. The van der Waals surface area contributed by atoms with E-state index in [-0.39, 0.29) is 12.4 Å². The molecule has 3 aromatic carbocycles.